The summed E-state index contributed by atoms with van der Waals surface area (Å²) in [7, 11) is 0. The Labute approximate surface area is 107 Å². The zero-order valence-electron chi connectivity index (χ0n) is 10.1. The van der Waals surface area contributed by atoms with Gasteiger partial charge < -0.3 is 4.74 Å². The van der Waals surface area contributed by atoms with Crippen LogP contribution in [-0.4, -0.2) is 12.1 Å². The minimum absolute atomic E-state index is 0.474. The second-order valence-electron chi connectivity index (χ2n) is 3.97. The number of benzene rings is 1. The van der Waals surface area contributed by atoms with Gasteiger partial charge in [-0.15, -0.1) is 4.91 Å². The lowest BCUT2D eigenvalue weighted by atomic mass is 10.1. The van der Waals surface area contributed by atoms with Gasteiger partial charge in [0.2, 0.25) is 0 Å². The highest BCUT2D eigenvalue weighted by Gasteiger charge is 2.04. The maximum absolute atomic E-state index is 10.2. The molecule has 0 bridgehead atoms. The molecule has 4 heteroatoms. The maximum Gasteiger partial charge on any atom is 0.169 e. The summed E-state index contributed by atoms with van der Waals surface area (Å²) in [6, 6.07) is 7.91. The van der Waals surface area contributed by atoms with Crippen LogP contribution in [0.5, 0.6) is 0 Å². The van der Waals surface area contributed by atoms with Gasteiger partial charge in [0.25, 0.3) is 0 Å². The van der Waals surface area contributed by atoms with E-state index in [-0.39, 0.29) is 0 Å². The van der Waals surface area contributed by atoms with E-state index in [2.05, 4.69) is 12.1 Å². The van der Waals surface area contributed by atoms with E-state index in [1.807, 2.05) is 24.3 Å². The smallest absolute Gasteiger partial charge is 0.169 e. The number of hydrogen-bond acceptors (Lipinski definition) is 3. The molecule has 1 aromatic rings. The monoisotopic (exact) mass is 255 g/mol. The molecular weight excluding hydrogens is 238 g/mol. The van der Waals surface area contributed by atoms with Gasteiger partial charge in [-0.1, -0.05) is 49.2 Å². The predicted molar refractivity (Wildman–Crippen MR) is 70.1 cm³/mol. The van der Waals surface area contributed by atoms with Crippen molar-refractivity contribution < 1.29 is 4.74 Å². The number of halogens is 1. The Morgan fingerprint density at radius 2 is 1.94 bits per heavy atom. The lowest BCUT2D eigenvalue weighted by Gasteiger charge is -2.05. The van der Waals surface area contributed by atoms with Crippen molar-refractivity contribution in [2.24, 2.45) is 5.18 Å². The van der Waals surface area contributed by atoms with E-state index in [4.69, 9.17) is 16.3 Å². The van der Waals surface area contributed by atoms with Crippen molar-refractivity contribution in [2.45, 2.75) is 38.3 Å². The summed E-state index contributed by atoms with van der Waals surface area (Å²) >= 11 is 5.65. The fourth-order valence-electron chi connectivity index (χ4n) is 1.44. The predicted octanol–water partition coefficient (Wildman–Crippen LogP) is 3.88. The van der Waals surface area contributed by atoms with E-state index in [1.54, 1.807) is 0 Å². The molecule has 1 atom stereocenters. The molecule has 94 valence electrons. The van der Waals surface area contributed by atoms with Gasteiger partial charge >= 0.3 is 0 Å². The first-order valence-electron chi connectivity index (χ1n) is 5.88. The zero-order valence-corrected chi connectivity index (χ0v) is 10.8. The molecule has 1 aromatic carbocycles. The highest BCUT2D eigenvalue weighted by molar-refractivity contribution is 6.20. The van der Waals surface area contributed by atoms with Crippen LogP contribution in [0.4, 0.5) is 0 Å². The topological polar surface area (TPSA) is 38.7 Å². The summed E-state index contributed by atoms with van der Waals surface area (Å²) < 4.78 is 5.51. The van der Waals surface area contributed by atoms with E-state index in [1.165, 1.54) is 0 Å². The molecule has 0 amide bonds. The second-order valence-corrected chi connectivity index (χ2v) is 4.47. The van der Waals surface area contributed by atoms with Crippen LogP contribution in [0.1, 0.15) is 30.9 Å². The van der Waals surface area contributed by atoms with Gasteiger partial charge in [-0.2, -0.15) is 0 Å². The summed E-state index contributed by atoms with van der Waals surface area (Å²) in [6.07, 6.45) is 2.72. The molecule has 17 heavy (non-hydrogen) atoms. The third-order valence-electron chi connectivity index (χ3n) is 2.45. The van der Waals surface area contributed by atoms with Crippen LogP contribution in [0.25, 0.3) is 0 Å². The van der Waals surface area contributed by atoms with Crippen LogP contribution in [0.15, 0.2) is 29.4 Å². The Bertz CT molecular complexity index is 327. The molecule has 0 N–H and O–H groups in total. The molecule has 1 rings (SSSR count). The zero-order chi connectivity index (χ0) is 12.5. The van der Waals surface area contributed by atoms with Crippen molar-refractivity contribution in [3.8, 4) is 0 Å². The Hall–Kier alpha value is -0.930. The fourth-order valence-corrected chi connectivity index (χ4v) is 1.62. The Kier molecular flexibility index (Phi) is 6.82. The Morgan fingerprint density at radius 3 is 2.53 bits per heavy atom. The molecule has 1 unspecified atom stereocenters. The number of alkyl halides is 1. The van der Waals surface area contributed by atoms with Crippen LogP contribution in [-0.2, 0) is 17.8 Å². The molecule has 0 radical (unpaired) electrons. The third-order valence-corrected chi connectivity index (χ3v) is 2.69. The van der Waals surface area contributed by atoms with Gasteiger partial charge in [0.1, 0.15) is 0 Å². The van der Waals surface area contributed by atoms with Crippen molar-refractivity contribution in [3.63, 3.8) is 0 Å². The number of hydrogen-bond donors (Lipinski definition) is 0. The van der Waals surface area contributed by atoms with Crippen LogP contribution in [0.3, 0.4) is 0 Å². The van der Waals surface area contributed by atoms with Crippen molar-refractivity contribution in [1.29, 1.82) is 0 Å². The summed E-state index contributed by atoms with van der Waals surface area (Å²) in [4.78, 5) is 10.2. The summed E-state index contributed by atoms with van der Waals surface area (Å²) in [6.45, 7) is 3.58. The highest BCUT2D eigenvalue weighted by atomic mass is 35.5. The van der Waals surface area contributed by atoms with Crippen molar-refractivity contribution in [3.05, 3.63) is 40.3 Å². The first-order chi connectivity index (χ1) is 8.26. The number of unbranched alkanes of at least 4 members (excludes halogenated alkanes) is 1. The van der Waals surface area contributed by atoms with Crippen LogP contribution < -0.4 is 0 Å². The van der Waals surface area contributed by atoms with Crippen molar-refractivity contribution in [1.82, 2.24) is 0 Å². The third kappa shape index (κ3) is 5.80. The van der Waals surface area contributed by atoms with Crippen LogP contribution in [0.2, 0.25) is 0 Å². The van der Waals surface area contributed by atoms with Gasteiger partial charge in [-0.05, 0) is 22.7 Å². The standard InChI is InChI=1S/C13H18ClNO2/c1-2-3-8-17-10-12-6-4-11(5-7-12)9-13(14)15-16/h4-7,13H,2-3,8-10H2,1H3. The van der Waals surface area contributed by atoms with Gasteiger partial charge in [0.05, 0.1) is 6.61 Å². The lowest BCUT2D eigenvalue weighted by molar-refractivity contribution is 0.118. The van der Waals surface area contributed by atoms with E-state index in [0.29, 0.717) is 13.0 Å². The van der Waals surface area contributed by atoms with E-state index in [0.717, 1.165) is 30.6 Å². The lowest BCUT2D eigenvalue weighted by Crippen LogP contribution is -1.99. The minimum atomic E-state index is -0.679. The summed E-state index contributed by atoms with van der Waals surface area (Å²) in [5.74, 6) is 0. The molecule has 0 aliphatic rings. The first-order valence-corrected chi connectivity index (χ1v) is 6.32. The SMILES string of the molecule is CCCCOCc1ccc(CC(Cl)N=O)cc1. The number of nitroso groups, excluding NO2 is 1. The van der Waals surface area contributed by atoms with Crippen LogP contribution in [0, 0.1) is 4.91 Å². The minimum Gasteiger partial charge on any atom is -0.377 e. The molecule has 0 saturated heterocycles. The highest BCUT2D eigenvalue weighted by Crippen LogP contribution is 2.11. The van der Waals surface area contributed by atoms with E-state index < -0.39 is 5.50 Å². The largest absolute Gasteiger partial charge is 0.377 e. The molecule has 0 aromatic heterocycles. The van der Waals surface area contributed by atoms with Gasteiger partial charge in [-0.3, -0.25) is 0 Å². The van der Waals surface area contributed by atoms with E-state index in [9.17, 15) is 4.91 Å². The number of ether oxygens (including phenoxy) is 1. The van der Waals surface area contributed by atoms with Crippen molar-refractivity contribution >= 4 is 11.6 Å². The van der Waals surface area contributed by atoms with Crippen LogP contribution >= 0.6 is 11.6 Å². The molecule has 0 aliphatic heterocycles. The molecular formula is C13H18ClNO2. The normalized spacial score (nSPS) is 12.4. The van der Waals surface area contributed by atoms with E-state index >= 15 is 0 Å². The summed E-state index contributed by atoms with van der Waals surface area (Å²) in [5.41, 5.74) is 1.47. The van der Waals surface area contributed by atoms with Gasteiger partial charge in [0.15, 0.2) is 5.50 Å². The maximum atomic E-state index is 10.2. The quantitative estimate of drug-likeness (QED) is 0.306. The Morgan fingerprint density at radius 1 is 1.29 bits per heavy atom. The molecule has 0 heterocycles. The Balaban J connectivity index is 2.36. The average Bonchev–Trinajstić information content (AvgIpc) is 2.36. The summed E-state index contributed by atoms with van der Waals surface area (Å²) in [5, 5.41) is 2.77. The molecule has 0 saturated carbocycles. The molecule has 0 aliphatic carbocycles. The second kappa shape index (κ2) is 8.20. The fraction of sp³-hybridized carbons (Fsp3) is 0.538. The first kappa shape index (κ1) is 14.1. The van der Waals surface area contributed by atoms with Gasteiger partial charge in [-0.25, -0.2) is 0 Å². The van der Waals surface area contributed by atoms with Gasteiger partial charge in [0, 0.05) is 13.0 Å². The molecule has 0 fully saturated rings. The number of rotatable bonds is 8. The molecule has 3 nitrogen and oxygen atoms in total. The molecule has 0 spiro atoms. The average molecular weight is 256 g/mol. The van der Waals surface area contributed by atoms with Crippen molar-refractivity contribution in [2.75, 3.05) is 6.61 Å². The number of nitrogens with zero attached hydrogens (tertiary/aromatic N) is 1.